The van der Waals surface area contributed by atoms with Gasteiger partial charge in [-0.25, -0.2) is 0 Å². The summed E-state index contributed by atoms with van der Waals surface area (Å²) in [7, 11) is 0. The zero-order chi connectivity index (χ0) is 14.1. The molecule has 0 amide bonds. The van der Waals surface area contributed by atoms with Crippen LogP contribution >= 0.6 is 0 Å². The molecule has 1 unspecified atom stereocenters. The van der Waals surface area contributed by atoms with Gasteiger partial charge >= 0.3 is 5.97 Å². The maximum absolute atomic E-state index is 11.6. The van der Waals surface area contributed by atoms with E-state index in [0.29, 0.717) is 0 Å². The Morgan fingerprint density at radius 1 is 1.17 bits per heavy atom. The van der Waals surface area contributed by atoms with Crippen LogP contribution in [0.4, 0.5) is 0 Å². The van der Waals surface area contributed by atoms with Gasteiger partial charge in [0.1, 0.15) is 0 Å². The van der Waals surface area contributed by atoms with E-state index in [2.05, 4.69) is 6.07 Å². The second-order valence-corrected chi connectivity index (χ2v) is 5.25. The maximum Gasteiger partial charge on any atom is 0.313 e. The van der Waals surface area contributed by atoms with Crippen molar-refractivity contribution in [3.05, 3.63) is 33.9 Å². The molecule has 0 spiro atoms. The van der Waals surface area contributed by atoms with Crippen molar-refractivity contribution in [3.8, 4) is 0 Å². The molecule has 2 N–H and O–H groups in total. The standard InChI is InChI=1S/C15H22O3/c1-9-8-10(2)12(4)13(11(9)3)15(5,6-7-16)14(17)18/h8,16H,6-7H2,1-5H3,(H,17,18). The zero-order valence-electron chi connectivity index (χ0n) is 11.8. The van der Waals surface area contributed by atoms with Gasteiger partial charge in [-0.15, -0.1) is 0 Å². The molecule has 0 fully saturated rings. The van der Waals surface area contributed by atoms with Gasteiger partial charge in [-0.2, -0.15) is 0 Å². The second kappa shape index (κ2) is 5.11. The van der Waals surface area contributed by atoms with Crippen molar-refractivity contribution in [3.63, 3.8) is 0 Å². The van der Waals surface area contributed by atoms with Crippen LogP contribution in [0.2, 0.25) is 0 Å². The minimum absolute atomic E-state index is 0.130. The summed E-state index contributed by atoms with van der Waals surface area (Å²) in [5.41, 5.74) is 4.03. The molecule has 1 rings (SSSR count). The lowest BCUT2D eigenvalue weighted by Gasteiger charge is -2.30. The molecule has 1 aromatic carbocycles. The van der Waals surface area contributed by atoms with E-state index in [9.17, 15) is 9.90 Å². The van der Waals surface area contributed by atoms with Crippen LogP contribution in [-0.4, -0.2) is 22.8 Å². The molecule has 0 saturated heterocycles. The second-order valence-electron chi connectivity index (χ2n) is 5.25. The molecule has 0 heterocycles. The van der Waals surface area contributed by atoms with E-state index in [1.54, 1.807) is 6.92 Å². The van der Waals surface area contributed by atoms with Crippen molar-refractivity contribution in [1.82, 2.24) is 0 Å². The van der Waals surface area contributed by atoms with Crippen molar-refractivity contribution in [1.29, 1.82) is 0 Å². The van der Waals surface area contributed by atoms with Crippen LogP contribution in [0, 0.1) is 27.7 Å². The minimum atomic E-state index is -1.03. The molecule has 0 bridgehead atoms. The quantitative estimate of drug-likeness (QED) is 0.863. The van der Waals surface area contributed by atoms with Gasteiger partial charge in [0, 0.05) is 6.61 Å². The molecule has 0 aromatic heterocycles. The molecule has 1 atom stereocenters. The van der Waals surface area contributed by atoms with Crippen LogP contribution in [0.1, 0.15) is 41.2 Å². The van der Waals surface area contributed by atoms with Crippen LogP contribution < -0.4 is 0 Å². The molecule has 1 aromatic rings. The van der Waals surface area contributed by atoms with Crippen LogP contribution in [0.15, 0.2) is 6.07 Å². The predicted molar refractivity (Wildman–Crippen MR) is 72.1 cm³/mol. The first-order chi connectivity index (χ1) is 8.25. The van der Waals surface area contributed by atoms with Crippen LogP contribution in [-0.2, 0) is 10.2 Å². The minimum Gasteiger partial charge on any atom is -0.481 e. The molecule has 0 saturated carbocycles. The Morgan fingerprint density at radius 2 is 1.61 bits per heavy atom. The van der Waals surface area contributed by atoms with E-state index >= 15 is 0 Å². The Bertz CT molecular complexity index is 451. The average Bonchev–Trinajstić information content (AvgIpc) is 2.27. The van der Waals surface area contributed by atoms with Crippen molar-refractivity contribution in [2.45, 2.75) is 46.5 Å². The molecular weight excluding hydrogens is 228 g/mol. The number of hydrogen-bond donors (Lipinski definition) is 2. The number of rotatable bonds is 4. The Balaban J connectivity index is 3.60. The monoisotopic (exact) mass is 250 g/mol. The van der Waals surface area contributed by atoms with Gasteiger partial charge in [0.25, 0.3) is 0 Å². The van der Waals surface area contributed by atoms with Gasteiger partial charge in [-0.1, -0.05) is 6.07 Å². The fourth-order valence-corrected chi connectivity index (χ4v) is 2.61. The lowest BCUT2D eigenvalue weighted by Crippen LogP contribution is -2.35. The van der Waals surface area contributed by atoms with E-state index in [1.165, 1.54) is 0 Å². The van der Waals surface area contributed by atoms with E-state index in [1.807, 2.05) is 27.7 Å². The molecule has 0 aliphatic heterocycles. The number of hydrogen-bond acceptors (Lipinski definition) is 2. The Hall–Kier alpha value is -1.35. The molecule has 0 aliphatic rings. The highest BCUT2D eigenvalue weighted by Crippen LogP contribution is 2.35. The largest absolute Gasteiger partial charge is 0.481 e. The molecule has 18 heavy (non-hydrogen) atoms. The summed E-state index contributed by atoms with van der Waals surface area (Å²) in [6.45, 7) is 9.46. The summed E-state index contributed by atoms with van der Waals surface area (Å²) in [6.07, 6.45) is 0.229. The van der Waals surface area contributed by atoms with E-state index < -0.39 is 11.4 Å². The zero-order valence-corrected chi connectivity index (χ0v) is 11.8. The fourth-order valence-electron chi connectivity index (χ4n) is 2.61. The van der Waals surface area contributed by atoms with Crippen molar-refractivity contribution in [2.75, 3.05) is 6.61 Å². The third-order valence-electron chi connectivity index (χ3n) is 4.00. The molecule has 0 radical (unpaired) electrons. The number of aliphatic carboxylic acids is 1. The Morgan fingerprint density at radius 3 is 1.94 bits per heavy atom. The maximum atomic E-state index is 11.6. The predicted octanol–water partition coefficient (Wildman–Crippen LogP) is 2.64. The fraction of sp³-hybridized carbons (Fsp3) is 0.533. The number of carboxylic acid groups (broad SMARTS) is 1. The normalized spacial score (nSPS) is 14.3. The van der Waals surface area contributed by atoms with Gasteiger partial charge in [0.05, 0.1) is 5.41 Å². The van der Waals surface area contributed by atoms with Gasteiger partial charge in [-0.3, -0.25) is 4.79 Å². The van der Waals surface area contributed by atoms with Crippen molar-refractivity contribution >= 4 is 5.97 Å². The highest BCUT2D eigenvalue weighted by molar-refractivity contribution is 5.82. The molecule has 100 valence electrons. The first-order valence-electron chi connectivity index (χ1n) is 6.17. The topological polar surface area (TPSA) is 57.5 Å². The highest BCUT2D eigenvalue weighted by atomic mass is 16.4. The first-order valence-corrected chi connectivity index (χ1v) is 6.17. The van der Waals surface area contributed by atoms with Crippen LogP contribution in [0.5, 0.6) is 0 Å². The van der Waals surface area contributed by atoms with E-state index in [4.69, 9.17) is 5.11 Å². The van der Waals surface area contributed by atoms with E-state index in [0.717, 1.165) is 27.8 Å². The SMILES string of the molecule is Cc1cc(C)c(C)c(C(C)(CCO)C(=O)O)c1C. The van der Waals surface area contributed by atoms with Gasteiger partial charge in [0.15, 0.2) is 0 Å². The molecule has 3 heteroatoms. The number of aliphatic hydroxyl groups is 1. The highest BCUT2D eigenvalue weighted by Gasteiger charge is 2.37. The number of benzene rings is 1. The first kappa shape index (κ1) is 14.7. The van der Waals surface area contributed by atoms with E-state index in [-0.39, 0.29) is 13.0 Å². The molecular formula is C15H22O3. The molecule has 3 nitrogen and oxygen atoms in total. The number of aliphatic hydroxyl groups excluding tert-OH is 1. The van der Waals surface area contributed by atoms with Crippen LogP contribution in [0.25, 0.3) is 0 Å². The number of aryl methyl sites for hydroxylation is 2. The summed E-state index contributed by atoms with van der Waals surface area (Å²) < 4.78 is 0. The van der Waals surface area contributed by atoms with Crippen molar-refractivity contribution < 1.29 is 15.0 Å². The average molecular weight is 250 g/mol. The summed E-state index contributed by atoms with van der Waals surface area (Å²) >= 11 is 0. The third kappa shape index (κ3) is 2.27. The van der Waals surface area contributed by atoms with Gasteiger partial charge < -0.3 is 10.2 Å². The number of carbonyl (C=O) groups is 1. The summed E-state index contributed by atoms with van der Waals surface area (Å²) in [5, 5.41) is 18.7. The lowest BCUT2D eigenvalue weighted by molar-refractivity contribution is -0.143. The van der Waals surface area contributed by atoms with Gasteiger partial charge in [-0.05, 0) is 68.9 Å². The smallest absolute Gasteiger partial charge is 0.313 e. The number of carboxylic acids is 1. The summed E-state index contributed by atoms with van der Waals surface area (Å²) in [5.74, 6) is -0.882. The summed E-state index contributed by atoms with van der Waals surface area (Å²) in [4.78, 5) is 11.6. The Kier molecular flexibility index (Phi) is 4.17. The van der Waals surface area contributed by atoms with Crippen molar-refractivity contribution in [2.24, 2.45) is 0 Å². The third-order valence-corrected chi connectivity index (χ3v) is 4.00. The van der Waals surface area contributed by atoms with Crippen LogP contribution in [0.3, 0.4) is 0 Å². The van der Waals surface area contributed by atoms with Gasteiger partial charge in [0.2, 0.25) is 0 Å². The summed E-state index contributed by atoms with van der Waals surface area (Å²) in [6, 6.07) is 2.08. The molecule has 0 aliphatic carbocycles. The lowest BCUT2D eigenvalue weighted by atomic mass is 9.73. The Labute approximate surface area is 108 Å².